The second-order valence-electron chi connectivity index (χ2n) is 13.2. The van der Waals surface area contributed by atoms with E-state index in [1.807, 2.05) is 13.8 Å². The Kier molecular flexibility index (Phi) is 9.28. The number of rotatable bonds is 8. The van der Waals surface area contributed by atoms with Crippen molar-refractivity contribution < 1.29 is 49.4 Å². The lowest BCUT2D eigenvalue weighted by Crippen LogP contribution is -2.49. The van der Waals surface area contributed by atoms with Crippen molar-refractivity contribution in [3.05, 3.63) is 92.9 Å². The standard InChI is InChI=1S/C36H30F7N7O5/c1-16-5-20(30-47-48-33(51)55-30)6-17(2)28(16)21-9-25(31(53-4)44-11-21)26-12-45-32(49-13-24(37)14-49)46-27(26)15-50-18(3)29(54-34(50)52)19-7-22(35(38,39)40)10-23(8-19)36(41,42)43/h5-12,18,24,29H,13-15H2,1-4H3,(H,48,51)/t18-,29-/m0/s1. The van der Waals surface area contributed by atoms with E-state index in [1.54, 1.807) is 29.3 Å². The second-order valence-corrected chi connectivity index (χ2v) is 13.2. The van der Waals surface area contributed by atoms with Gasteiger partial charge in [0, 0.05) is 34.6 Å². The summed E-state index contributed by atoms with van der Waals surface area (Å²) in [5.74, 6) is -0.338. The quantitative estimate of drug-likeness (QED) is 0.158. The van der Waals surface area contributed by atoms with E-state index < -0.39 is 59.2 Å². The number of ether oxygens (including phenoxy) is 2. The van der Waals surface area contributed by atoms with Crippen molar-refractivity contribution in [3.63, 3.8) is 0 Å². The van der Waals surface area contributed by atoms with E-state index in [9.17, 15) is 40.3 Å². The molecule has 2 fully saturated rings. The summed E-state index contributed by atoms with van der Waals surface area (Å²) in [6.45, 7) is 4.80. The van der Waals surface area contributed by atoms with Crippen molar-refractivity contribution >= 4 is 12.0 Å². The molecular formula is C36H30F7N7O5. The zero-order valence-electron chi connectivity index (χ0n) is 29.3. The van der Waals surface area contributed by atoms with Gasteiger partial charge in [-0.25, -0.2) is 34.0 Å². The van der Waals surface area contributed by atoms with Gasteiger partial charge in [-0.1, -0.05) is 0 Å². The van der Waals surface area contributed by atoms with Gasteiger partial charge in [0.05, 0.1) is 49.6 Å². The topological polar surface area (TPSA) is 140 Å². The molecule has 55 heavy (non-hydrogen) atoms. The minimum absolute atomic E-state index is 0.000501. The number of H-pyrrole nitrogens is 1. The molecule has 288 valence electrons. The van der Waals surface area contributed by atoms with Crippen molar-refractivity contribution in [2.75, 3.05) is 25.1 Å². The molecule has 0 bridgehead atoms. The number of pyridine rings is 1. The van der Waals surface area contributed by atoms with Crippen LogP contribution in [0.25, 0.3) is 33.7 Å². The van der Waals surface area contributed by atoms with Gasteiger partial charge in [-0.3, -0.25) is 4.90 Å². The van der Waals surface area contributed by atoms with Gasteiger partial charge in [0.15, 0.2) is 0 Å². The smallest absolute Gasteiger partial charge is 0.434 e. The van der Waals surface area contributed by atoms with E-state index in [0.717, 1.165) is 21.6 Å². The number of carbonyl (C=O) groups excluding carboxylic acids is 1. The number of amides is 1. The summed E-state index contributed by atoms with van der Waals surface area (Å²) in [5.41, 5.74) is 0.779. The highest BCUT2D eigenvalue weighted by atomic mass is 19.4. The predicted octanol–water partition coefficient (Wildman–Crippen LogP) is 7.45. The number of aryl methyl sites for hydroxylation is 2. The zero-order chi connectivity index (χ0) is 39.6. The Morgan fingerprint density at radius 3 is 2.11 bits per heavy atom. The summed E-state index contributed by atoms with van der Waals surface area (Å²) in [6.07, 6.45) is -10.8. The fourth-order valence-corrected chi connectivity index (χ4v) is 6.80. The van der Waals surface area contributed by atoms with Gasteiger partial charge in [-0.15, -0.1) is 5.10 Å². The number of methoxy groups -OCH3 is 1. The average molecular weight is 774 g/mol. The van der Waals surface area contributed by atoms with Crippen LogP contribution in [0, 0.1) is 13.8 Å². The number of benzene rings is 2. The lowest BCUT2D eigenvalue weighted by atomic mass is 9.92. The SMILES string of the molecule is COc1ncc(-c2c(C)cc(-c3n[nH]c(=O)o3)cc2C)cc1-c1cnc(N2CC(F)C2)nc1CN1C(=O)O[C@H](c2cc(C(F)(F)F)cc(C(F)(F)F)c2)[C@@H]1C. The summed E-state index contributed by atoms with van der Waals surface area (Å²) >= 11 is 0. The van der Waals surface area contributed by atoms with Gasteiger partial charge in [0.1, 0.15) is 12.3 Å². The molecule has 0 radical (unpaired) electrons. The van der Waals surface area contributed by atoms with Crippen LogP contribution in [0.3, 0.4) is 0 Å². The molecule has 5 aromatic rings. The first kappa shape index (κ1) is 37.3. The van der Waals surface area contributed by atoms with E-state index in [2.05, 4.69) is 25.1 Å². The van der Waals surface area contributed by atoms with Crippen LogP contribution in [0.5, 0.6) is 5.88 Å². The Labute approximate surface area is 306 Å². The number of nitrogens with zero attached hydrogens (tertiary/aromatic N) is 6. The Bertz CT molecular complexity index is 2300. The molecule has 19 heteroatoms. The van der Waals surface area contributed by atoms with Crippen LogP contribution in [0.2, 0.25) is 0 Å². The molecule has 12 nitrogen and oxygen atoms in total. The number of carbonyl (C=O) groups is 1. The van der Waals surface area contributed by atoms with Crippen LogP contribution in [0.4, 0.5) is 41.5 Å². The summed E-state index contributed by atoms with van der Waals surface area (Å²) in [4.78, 5) is 41.2. The van der Waals surface area contributed by atoms with E-state index in [0.29, 0.717) is 34.4 Å². The molecule has 2 aliphatic heterocycles. The Balaban J connectivity index is 1.29. The first-order chi connectivity index (χ1) is 25.9. The molecule has 0 unspecified atom stereocenters. The van der Waals surface area contributed by atoms with Crippen LogP contribution in [-0.2, 0) is 23.6 Å². The van der Waals surface area contributed by atoms with Crippen molar-refractivity contribution in [1.82, 2.24) is 30.0 Å². The Morgan fingerprint density at radius 2 is 1.55 bits per heavy atom. The predicted molar refractivity (Wildman–Crippen MR) is 181 cm³/mol. The Morgan fingerprint density at radius 1 is 0.891 bits per heavy atom. The molecular weight excluding hydrogens is 743 g/mol. The van der Waals surface area contributed by atoms with Crippen molar-refractivity contribution in [2.45, 2.75) is 58.0 Å². The number of cyclic esters (lactones) is 1. The van der Waals surface area contributed by atoms with Crippen molar-refractivity contribution in [1.29, 1.82) is 0 Å². The highest BCUT2D eigenvalue weighted by Gasteiger charge is 2.44. The molecule has 1 amide bonds. The van der Waals surface area contributed by atoms with Gasteiger partial charge >= 0.3 is 24.2 Å². The van der Waals surface area contributed by atoms with Crippen LogP contribution in [0.1, 0.15) is 46.5 Å². The number of hydrogen-bond donors (Lipinski definition) is 1. The van der Waals surface area contributed by atoms with E-state index in [4.69, 9.17) is 13.9 Å². The van der Waals surface area contributed by atoms with Gasteiger partial charge in [-0.2, -0.15) is 26.3 Å². The molecule has 1 N–H and O–H groups in total. The minimum atomic E-state index is -5.11. The maximum Gasteiger partial charge on any atom is 0.434 e. The van der Waals surface area contributed by atoms with Crippen LogP contribution in [-0.4, -0.2) is 68.6 Å². The number of halogens is 7. The summed E-state index contributed by atoms with van der Waals surface area (Å²) in [6, 6.07) is 5.30. The highest BCUT2D eigenvalue weighted by Crippen LogP contribution is 2.43. The third-order valence-corrected chi connectivity index (χ3v) is 9.47. The van der Waals surface area contributed by atoms with Gasteiger partial charge < -0.3 is 18.8 Å². The number of hydrogen-bond acceptors (Lipinski definition) is 10. The fraction of sp³-hybridized carbons (Fsp3) is 0.333. The maximum absolute atomic E-state index is 13.9. The molecule has 2 aliphatic rings. The molecule has 0 aliphatic carbocycles. The number of nitrogens with one attached hydrogen (secondary N) is 1. The lowest BCUT2D eigenvalue weighted by molar-refractivity contribution is -0.143. The number of alkyl halides is 7. The van der Waals surface area contributed by atoms with E-state index in [1.165, 1.54) is 20.2 Å². The largest absolute Gasteiger partial charge is 0.481 e. The highest BCUT2D eigenvalue weighted by molar-refractivity contribution is 5.81. The van der Waals surface area contributed by atoms with Crippen LogP contribution in [0.15, 0.2) is 58.0 Å². The monoisotopic (exact) mass is 773 g/mol. The fourth-order valence-electron chi connectivity index (χ4n) is 6.80. The third-order valence-electron chi connectivity index (χ3n) is 9.47. The molecule has 0 spiro atoms. The zero-order valence-corrected chi connectivity index (χ0v) is 29.3. The van der Waals surface area contributed by atoms with Gasteiger partial charge in [0.2, 0.25) is 17.7 Å². The van der Waals surface area contributed by atoms with Crippen LogP contribution >= 0.6 is 0 Å². The minimum Gasteiger partial charge on any atom is -0.481 e. The maximum atomic E-state index is 13.9. The van der Waals surface area contributed by atoms with E-state index >= 15 is 0 Å². The molecule has 2 aromatic carbocycles. The number of aromatic amines is 1. The molecule has 5 heterocycles. The summed E-state index contributed by atoms with van der Waals surface area (Å²) in [5, 5.41) is 6.12. The summed E-state index contributed by atoms with van der Waals surface area (Å²) in [7, 11) is 1.39. The molecule has 7 rings (SSSR count). The number of aromatic nitrogens is 5. The average Bonchev–Trinajstić information content (AvgIpc) is 3.67. The third kappa shape index (κ3) is 7.17. The Hall–Kier alpha value is -6.01. The van der Waals surface area contributed by atoms with Crippen LogP contribution < -0.4 is 15.4 Å². The van der Waals surface area contributed by atoms with Crippen molar-refractivity contribution in [2.24, 2.45) is 0 Å². The molecule has 0 saturated carbocycles. The molecule has 2 saturated heterocycles. The first-order valence-electron chi connectivity index (χ1n) is 16.6. The second kappa shape index (κ2) is 13.7. The molecule has 2 atom stereocenters. The number of anilines is 1. The van der Waals surface area contributed by atoms with Gasteiger partial charge in [0.25, 0.3) is 0 Å². The lowest BCUT2D eigenvalue weighted by Gasteiger charge is -2.34. The first-order valence-corrected chi connectivity index (χ1v) is 16.6. The summed E-state index contributed by atoms with van der Waals surface area (Å²) < 4.78 is 112. The van der Waals surface area contributed by atoms with Gasteiger partial charge in [-0.05, 0) is 79.4 Å². The molecule has 3 aromatic heterocycles. The van der Waals surface area contributed by atoms with E-state index in [-0.39, 0.29) is 49.1 Å². The normalized spacial score (nSPS) is 17.8. The van der Waals surface area contributed by atoms with Crippen molar-refractivity contribution in [3.8, 4) is 39.6 Å².